The SMILES string of the molecule is N#Cc1ccc(CC(=O)NC2CCCOC2)cc1. The number of nitrogens with one attached hydrogen (secondary N) is 1. The van der Waals surface area contributed by atoms with E-state index in [1.54, 1.807) is 12.1 Å². The fraction of sp³-hybridized carbons (Fsp3) is 0.429. The minimum atomic E-state index is 0.00945. The molecule has 4 heteroatoms. The lowest BCUT2D eigenvalue weighted by Gasteiger charge is -2.23. The van der Waals surface area contributed by atoms with Crippen LogP contribution < -0.4 is 5.32 Å². The van der Waals surface area contributed by atoms with Gasteiger partial charge in [-0.2, -0.15) is 5.26 Å². The van der Waals surface area contributed by atoms with Gasteiger partial charge in [-0.1, -0.05) is 12.1 Å². The van der Waals surface area contributed by atoms with Crippen molar-refractivity contribution in [3.63, 3.8) is 0 Å². The van der Waals surface area contributed by atoms with Gasteiger partial charge in [-0.05, 0) is 30.5 Å². The second-order valence-electron chi connectivity index (χ2n) is 4.47. The summed E-state index contributed by atoms with van der Waals surface area (Å²) in [7, 11) is 0. The van der Waals surface area contributed by atoms with Crippen LogP contribution in [0.15, 0.2) is 24.3 Å². The molecule has 0 bridgehead atoms. The topological polar surface area (TPSA) is 62.1 Å². The summed E-state index contributed by atoms with van der Waals surface area (Å²) in [6.45, 7) is 1.40. The van der Waals surface area contributed by atoms with Gasteiger partial charge in [0.1, 0.15) is 0 Å². The standard InChI is InChI=1S/C14H16N2O2/c15-9-12-5-3-11(4-6-12)8-14(17)16-13-2-1-7-18-10-13/h3-6,13H,1-2,7-8,10H2,(H,16,17). The minimum absolute atomic E-state index is 0.00945. The van der Waals surface area contributed by atoms with E-state index in [4.69, 9.17) is 10.00 Å². The number of nitrogens with zero attached hydrogens (tertiary/aromatic N) is 1. The number of benzene rings is 1. The van der Waals surface area contributed by atoms with E-state index < -0.39 is 0 Å². The third-order valence-electron chi connectivity index (χ3n) is 2.97. The highest BCUT2D eigenvalue weighted by molar-refractivity contribution is 5.78. The van der Waals surface area contributed by atoms with Crippen molar-refractivity contribution in [1.82, 2.24) is 5.32 Å². The first kappa shape index (κ1) is 12.6. The fourth-order valence-corrected chi connectivity index (χ4v) is 2.02. The van der Waals surface area contributed by atoms with E-state index in [0.29, 0.717) is 18.6 Å². The van der Waals surface area contributed by atoms with Crippen molar-refractivity contribution >= 4 is 5.91 Å². The molecule has 1 atom stereocenters. The molecule has 0 aliphatic carbocycles. The molecule has 1 unspecified atom stereocenters. The number of amides is 1. The minimum Gasteiger partial charge on any atom is -0.379 e. The summed E-state index contributed by atoms with van der Waals surface area (Å²) in [5.74, 6) is 0.00945. The maximum Gasteiger partial charge on any atom is 0.224 e. The van der Waals surface area contributed by atoms with Gasteiger partial charge in [-0.25, -0.2) is 0 Å². The molecule has 1 saturated heterocycles. The number of carbonyl (C=O) groups is 1. The van der Waals surface area contributed by atoms with Gasteiger partial charge in [0.15, 0.2) is 0 Å². The van der Waals surface area contributed by atoms with Crippen LogP contribution in [0.3, 0.4) is 0 Å². The average Bonchev–Trinajstić information content (AvgIpc) is 2.40. The number of nitriles is 1. The molecular weight excluding hydrogens is 228 g/mol. The van der Waals surface area contributed by atoms with Crippen molar-refractivity contribution in [2.75, 3.05) is 13.2 Å². The number of carbonyl (C=O) groups excluding carboxylic acids is 1. The van der Waals surface area contributed by atoms with E-state index >= 15 is 0 Å². The van der Waals surface area contributed by atoms with Crippen LogP contribution in [-0.4, -0.2) is 25.2 Å². The molecule has 1 amide bonds. The summed E-state index contributed by atoms with van der Waals surface area (Å²) in [5, 5.41) is 11.7. The Hall–Kier alpha value is -1.86. The maximum atomic E-state index is 11.8. The summed E-state index contributed by atoms with van der Waals surface area (Å²) in [6.07, 6.45) is 2.34. The fourth-order valence-electron chi connectivity index (χ4n) is 2.02. The Labute approximate surface area is 107 Å². The van der Waals surface area contributed by atoms with E-state index in [1.165, 1.54) is 0 Å². The Kier molecular flexibility index (Phi) is 4.32. The highest BCUT2D eigenvalue weighted by Crippen LogP contribution is 2.07. The largest absolute Gasteiger partial charge is 0.379 e. The Balaban J connectivity index is 1.84. The average molecular weight is 244 g/mol. The predicted molar refractivity (Wildman–Crippen MR) is 66.8 cm³/mol. The zero-order valence-electron chi connectivity index (χ0n) is 10.2. The molecule has 1 aliphatic rings. The lowest BCUT2D eigenvalue weighted by Crippen LogP contribution is -2.41. The van der Waals surface area contributed by atoms with E-state index in [0.717, 1.165) is 25.0 Å². The smallest absolute Gasteiger partial charge is 0.224 e. The Bertz CT molecular complexity index is 442. The molecule has 18 heavy (non-hydrogen) atoms. The van der Waals surface area contributed by atoms with Crippen LogP contribution in [0.25, 0.3) is 0 Å². The van der Waals surface area contributed by atoms with Crippen LogP contribution in [0.2, 0.25) is 0 Å². The Morgan fingerprint density at radius 3 is 2.83 bits per heavy atom. The zero-order valence-corrected chi connectivity index (χ0v) is 10.2. The normalized spacial score (nSPS) is 18.9. The monoisotopic (exact) mass is 244 g/mol. The molecule has 1 aromatic carbocycles. The molecule has 0 radical (unpaired) electrons. The number of hydrogen-bond donors (Lipinski definition) is 1. The molecule has 0 saturated carbocycles. The van der Waals surface area contributed by atoms with Gasteiger partial charge in [0.25, 0.3) is 0 Å². The number of rotatable bonds is 3. The molecule has 1 aliphatic heterocycles. The summed E-state index contributed by atoms with van der Waals surface area (Å²) in [4.78, 5) is 11.8. The molecule has 4 nitrogen and oxygen atoms in total. The van der Waals surface area contributed by atoms with Gasteiger partial charge < -0.3 is 10.1 Å². The molecule has 1 heterocycles. The first-order valence-electron chi connectivity index (χ1n) is 6.14. The van der Waals surface area contributed by atoms with E-state index in [1.807, 2.05) is 12.1 Å². The Morgan fingerprint density at radius 2 is 2.22 bits per heavy atom. The van der Waals surface area contributed by atoms with Crippen LogP contribution in [0.4, 0.5) is 0 Å². The molecule has 1 aromatic rings. The van der Waals surface area contributed by atoms with Gasteiger partial charge in [0, 0.05) is 6.61 Å². The van der Waals surface area contributed by atoms with Crippen LogP contribution in [0.5, 0.6) is 0 Å². The first-order valence-corrected chi connectivity index (χ1v) is 6.14. The quantitative estimate of drug-likeness (QED) is 0.874. The maximum absolute atomic E-state index is 11.8. The van der Waals surface area contributed by atoms with Gasteiger partial charge in [0.2, 0.25) is 5.91 Å². The molecule has 0 spiro atoms. The lowest BCUT2D eigenvalue weighted by molar-refractivity contribution is -0.122. The molecule has 1 N–H and O–H groups in total. The van der Waals surface area contributed by atoms with Crippen molar-refractivity contribution in [2.24, 2.45) is 0 Å². The summed E-state index contributed by atoms with van der Waals surface area (Å²) in [5.41, 5.74) is 1.53. The van der Waals surface area contributed by atoms with Crippen molar-refractivity contribution in [1.29, 1.82) is 5.26 Å². The third kappa shape index (κ3) is 3.57. The highest BCUT2D eigenvalue weighted by atomic mass is 16.5. The van der Waals surface area contributed by atoms with Crippen LogP contribution >= 0.6 is 0 Å². The summed E-state index contributed by atoms with van der Waals surface area (Å²) >= 11 is 0. The van der Waals surface area contributed by atoms with Crippen LogP contribution in [0.1, 0.15) is 24.0 Å². The molecular formula is C14H16N2O2. The highest BCUT2D eigenvalue weighted by Gasteiger charge is 2.16. The molecule has 1 fully saturated rings. The van der Waals surface area contributed by atoms with Crippen molar-refractivity contribution < 1.29 is 9.53 Å². The lowest BCUT2D eigenvalue weighted by atomic mass is 10.1. The van der Waals surface area contributed by atoms with Crippen molar-refractivity contribution in [3.8, 4) is 6.07 Å². The first-order chi connectivity index (χ1) is 8.78. The van der Waals surface area contributed by atoms with E-state index in [2.05, 4.69) is 11.4 Å². The predicted octanol–water partition coefficient (Wildman–Crippen LogP) is 1.40. The summed E-state index contributed by atoms with van der Waals surface area (Å²) < 4.78 is 5.31. The summed E-state index contributed by atoms with van der Waals surface area (Å²) in [6, 6.07) is 9.29. The molecule has 94 valence electrons. The number of hydrogen-bond acceptors (Lipinski definition) is 3. The molecule has 2 rings (SSSR count). The van der Waals surface area contributed by atoms with E-state index in [-0.39, 0.29) is 11.9 Å². The van der Waals surface area contributed by atoms with Gasteiger partial charge in [0.05, 0.1) is 30.7 Å². The third-order valence-corrected chi connectivity index (χ3v) is 2.97. The van der Waals surface area contributed by atoms with Crippen molar-refractivity contribution in [2.45, 2.75) is 25.3 Å². The zero-order chi connectivity index (χ0) is 12.8. The van der Waals surface area contributed by atoms with Crippen LogP contribution in [-0.2, 0) is 16.0 Å². The van der Waals surface area contributed by atoms with E-state index in [9.17, 15) is 4.79 Å². The second-order valence-corrected chi connectivity index (χ2v) is 4.47. The van der Waals surface area contributed by atoms with Crippen LogP contribution in [0, 0.1) is 11.3 Å². The Morgan fingerprint density at radius 1 is 1.44 bits per heavy atom. The number of ether oxygens (including phenoxy) is 1. The van der Waals surface area contributed by atoms with Crippen molar-refractivity contribution in [3.05, 3.63) is 35.4 Å². The van der Waals surface area contributed by atoms with Gasteiger partial charge in [-0.3, -0.25) is 4.79 Å². The van der Waals surface area contributed by atoms with Gasteiger partial charge >= 0.3 is 0 Å². The van der Waals surface area contributed by atoms with Gasteiger partial charge in [-0.15, -0.1) is 0 Å². The second kappa shape index (κ2) is 6.18. The molecule has 0 aromatic heterocycles.